The van der Waals surface area contributed by atoms with E-state index in [4.69, 9.17) is 10.5 Å². The second-order valence-corrected chi connectivity index (χ2v) is 5.80. The first-order chi connectivity index (χ1) is 10.6. The van der Waals surface area contributed by atoms with E-state index < -0.39 is 0 Å². The summed E-state index contributed by atoms with van der Waals surface area (Å²) in [5.74, 6) is 0.378. The van der Waals surface area contributed by atoms with Crippen LogP contribution in [0.15, 0.2) is 58.8 Å². The number of allylic oxidation sites excluding steroid dienone is 1. The first kappa shape index (κ1) is 14.4. The van der Waals surface area contributed by atoms with Crippen molar-refractivity contribution < 1.29 is 9.84 Å². The third kappa shape index (κ3) is 2.38. The molecule has 0 radical (unpaired) electrons. The van der Waals surface area contributed by atoms with Gasteiger partial charge in [-0.3, -0.25) is 0 Å². The predicted molar refractivity (Wildman–Crippen MR) is 85.6 cm³/mol. The Bertz CT molecular complexity index is 791. The molecule has 5 heteroatoms. The maximum atomic E-state index is 9.62. The van der Waals surface area contributed by atoms with Gasteiger partial charge in [-0.15, -0.1) is 11.8 Å². The Morgan fingerprint density at radius 2 is 1.95 bits per heavy atom. The molecule has 2 aromatic carbocycles. The van der Waals surface area contributed by atoms with Crippen molar-refractivity contribution in [3.05, 3.63) is 65.0 Å². The molecule has 1 heterocycles. The van der Waals surface area contributed by atoms with Crippen LogP contribution in [0.1, 0.15) is 17.0 Å². The molecule has 2 aromatic rings. The van der Waals surface area contributed by atoms with E-state index in [1.54, 1.807) is 23.9 Å². The standard InChI is InChI=1S/C17H14N2O2S/c1-22-12-5-2-10(3-6-12)16-13-7-4-11(20)8-15(13)21-17(19)14(16)9-18/h2-8,16,20H,19H2,1H3. The number of thioether (sulfide) groups is 1. The van der Waals surface area contributed by atoms with Crippen LogP contribution in [0.25, 0.3) is 0 Å². The number of rotatable bonds is 2. The first-order valence-electron chi connectivity index (χ1n) is 6.68. The number of nitrogens with zero attached hydrogens (tertiary/aromatic N) is 1. The zero-order chi connectivity index (χ0) is 15.7. The van der Waals surface area contributed by atoms with Crippen molar-refractivity contribution in [3.63, 3.8) is 0 Å². The molecule has 1 aliphatic heterocycles. The van der Waals surface area contributed by atoms with E-state index in [9.17, 15) is 10.4 Å². The summed E-state index contributed by atoms with van der Waals surface area (Å²) in [6.45, 7) is 0. The van der Waals surface area contributed by atoms with Gasteiger partial charge >= 0.3 is 0 Å². The third-order valence-corrected chi connectivity index (χ3v) is 4.40. The Labute approximate surface area is 132 Å². The Hall–Kier alpha value is -2.58. The summed E-state index contributed by atoms with van der Waals surface area (Å²) < 4.78 is 5.48. The fraction of sp³-hybridized carbons (Fsp3) is 0.118. The first-order valence-corrected chi connectivity index (χ1v) is 7.91. The van der Waals surface area contributed by atoms with E-state index in [1.165, 1.54) is 6.07 Å². The largest absolute Gasteiger partial charge is 0.508 e. The molecule has 3 N–H and O–H groups in total. The molecule has 1 atom stereocenters. The highest BCUT2D eigenvalue weighted by atomic mass is 32.2. The van der Waals surface area contributed by atoms with Gasteiger partial charge in [0.15, 0.2) is 0 Å². The Morgan fingerprint density at radius 3 is 2.59 bits per heavy atom. The van der Waals surface area contributed by atoms with Crippen molar-refractivity contribution in [1.82, 2.24) is 0 Å². The predicted octanol–water partition coefficient (Wildman–Crippen LogP) is 3.33. The number of phenolic OH excluding ortho intramolecular Hbond substituents is 1. The number of nitriles is 1. The summed E-state index contributed by atoms with van der Waals surface area (Å²) in [5, 5.41) is 19.1. The summed E-state index contributed by atoms with van der Waals surface area (Å²) >= 11 is 1.66. The molecular formula is C17H14N2O2S. The molecule has 0 aliphatic carbocycles. The van der Waals surface area contributed by atoms with E-state index in [0.717, 1.165) is 16.0 Å². The number of hydrogen-bond donors (Lipinski definition) is 2. The highest BCUT2D eigenvalue weighted by Gasteiger charge is 2.30. The smallest absolute Gasteiger partial charge is 0.205 e. The number of aromatic hydroxyl groups is 1. The number of fused-ring (bicyclic) bond motifs is 1. The molecule has 0 spiro atoms. The SMILES string of the molecule is CSc1ccc(C2C(C#N)=C(N)Oc3cc(O)ccc32)cc1. The van der Waals surface area contributed by atoms with Gasteiger partial charge in [-0.2, -0.15) is 5.26 Å². The average Bonchev–Trinajstić information content (AvgIpc) is 2.53. The Morgan fingerprint density at radius 1 is 1.23 bits per heavy atom. The van der Waals surface area contributed by atoms with Gasteiger partial charge in [0, 0.05) is 16.5 Å². The van der Waals surface area contributed by atoms with Crippen molar-refractivity contribution in [2.45, 2.75) is 10.8 Å². The lowest BCUT2D eigenvalue weighted by molar-refractivity contribution is 0.388. The summed E-state index contributed by atoms with van der Waals surface area (Å²) in [7, 11) is 0. The number of hydrogen-bond acceptors (Lipinski definition) is 5. The fourth-order valence-corrected chi connectivity index (χ4v) is 2.99. The maximum absolute atomic E-state index is 9.62. The van der Waals surface area contributed by atoms with Gasteiger partial charge in [-0.05, 0) is 30.0 Å². The average molecular weight is 310 g/mol. The fourth-order valence-electron chi connectivity index (χ4n) is 2.58. The van der Waals surface area contributed by atoms with Gasteiger partial charge in [0.25, 0.3) is 0 Å². The number of benzene rings is 2. The molecule has 0 bridgehead atoms. The van der Waals surface area contributed by atoms with E-state index >= 15 is 0 Å². The maximum Gasteiger partial charge on any atom is 0.205 e. The van der Waals surface area contributed by atoms with Crippen LogP contribution in [0.2, 0.25) is 0 Å². The summed E-state index contributed by atoms with van der Waals surface area (Å²) in [4.78, 5) is 1.15. The van der Waals surface area contributed by atoms with Gasteiger partial charge in [0.2, 0.25) is 5.88 Å². The zero-order valence-electron chi connectivity index (χ0n) is 11.9. The lowest BCUT2D eigenvalue weighted by Crippen LogP contribution is -2.20. The molecule has 1 aliphatic rings. The van der Waals surface area contributed by atoms with Crippen molar-refractivity contribution in [3.8, 4) is 17.6 Å². The monoisotopic (exact) mass is 310 g/mol. The van der Waals surface area contributed by atoms with Gasteiger partial charge in [0.05, 0.1) is 5.92 Å². The lowest BCUT2D eigenvalue weighted by Gasteiger charge is -2.26. The molecule has 110 valence electrons. The highest BCUT2D eigenvalue weighted by molar-refractivity contribution is 7.98. The van der Waals surface area contributed by atoms with Crippen LogP contribution >= 0.6 is 11.8 Å². The Balaban J connectivity index is 2.16. The molecule has 0 saturated heterocycles. The summed E-state index contributed by atoms with van der Waals surface area (Å²) in [5.41, 5.74) is 8.06. The van der Waals surface area contributed by atoms with Crippen LogP contribution in [0, 0.1) is 11.3 Å². The van der Waals surface area contributed by atoms with Crippen LogP contribution < -0.4 is 10.5 Å². The molecule has 22 heavy (non-hydrogen) atoms. The summed E-state index contributed by atoms with van der Waals surface area (Å²) in [6.07, 6.45) is 2.01. The van der Waals surface area contributed by atoms with Crippen LogP contribution in [0.5, 0.6) is 11.5 Å². The van der Waals surface area contributed by atoms with Crippen molar-refractivity contribution in [2.24, 2.45) is 5.73 Å². The van der Waals surface area contributed by atoms with E-state index in [1.807, 2.05) is 30.5 Å². The highest BCUT2D eigenvalue weighted by Crippen LogP contribution is 2.43. The molecule has 0 aromatic heterocycles. The molecule has 4 nitrogen and oxygen atoms in total. The molecule has 0 saturated carbocycles. The van der Waals surface area contributed by atoms with Crippen LogP contribution in [-0.2, 0) is 0 Å². The third-order valence-electron chi connectivity index (χ3n) is 3.65. The number of ether oxygens (including phenoxy) is 1. The minimum atomic E-state index is -0.287. The van der Waals surface area contributed by atoms with Gasteiger partial charge in [-0.25, -0.2) is 0 Å². The van der Waals surface area contributed by atoms with Crippen molar-refractivity contribution >= 4 is 11.8 Å². The van der Waals surface area contributed by atoms with Crippen LogP contribution in [-0.4, -0.2) is 11.4 Å². The van der Waals surface area contributed by atoms with E-state index in [-0.39, 0.29) is 17.6 Å². The molecular weight excluding hydrogens is 296 g/mol. The molecule has 0 fully saturated rings. The topological polar surface area (TPSA) is 79.3 Å². The summed E-state index contributed by atoms with van der Waals surface area (Å²) in [6, 6.07) is 15.0. The minimum Gasteiger partial charge on any atom is -0.508 e. The lowest BCUT2D eigenvalue weighted by atomic mass is 9.83. The normalized spacial score (nSPS) is 16.6. The van der Waals surface area contributed by atoms with Gasteiger partial charge < -0.3 is 15.6 Å². The van der Waals surface area contributed by atoms with E-state index in [0.29, 0.717) is 11.3 Å². The molecule has 1 unspecified atom stereocenters. The second kappa shape index (κ2) is 5.66. The number of nitrogens with two attached hydrogens (primary N) is 1. The van der Waals surface area contributed by atoms with Gasteiger partial charge in [-0.1, -0.05) is 18.2 Å². The Kier molecular flexibility index (Phi) is 3.70. The molecule has 3 rings (SSSR count). The zero-order valence-corrected chi connectivity index (χ0v) is 12.7. The van der Waals surface area contributed by atoms with E-state index in [2.05, 4.69) is 6.07 Å². The minimum absolute atomic E-state index is 0.0829. The molecule has 0 amide bonds. The number of phenols is 1. The quantitative estimate of drug-likeness (QED) is 0.832. The second-order valence-electron chi connectivity index (χ2n) is 4.92. The van der Waals surface area contributed by atoms with Crippen molar-refractivity contribution in [2.75, 3.05) is 6.26 Å². The van der Waals surface area contributed by atoms with Crippen LogP contribution in [0.3, 0.4) is 0 Å². The van der Waals surface area contributed by atoms with Crippen LogP contribution in [0.4, 0.5) is 0 Å². The van der Waals surface area contributed by atoms with Crippen molar-refractivity contribution in [1.29, 1.82) is 5.26 Å². The van der Waals surface area contributed by atoms with Gasteiger partial charge in [0.1, 0.15) is 23.1 Å².